The number of thiophene rings is 1. The van der Waals surface area contributed by atoms with Crippen LogP contribution in [0.5, 0.6) is 0 Å². The molecule has 0 bridgehead atoms. The van der Waals surface area contributed by atoms with Crippen molar-refractivity contribution in [1.82, 2.24) is 4.98 Å². The maximum absolute atomic E-state index is 5.30. The van der Waals surface area contributed by atoms with Crippen LogP contribution in [0.1, 0.15) is 47.2 Å². The third kappa shape index (κ3) is 4.27. The van der Waals surface area contributed by atoms with Gasteiger partial charge < -0.3 is 0 Å². The van der Waals surface area contributed by atoms with E-state index in [1.807, 2.05) is 11.3 Å². The largest absolute Gasteiger partial charge is 0.248 e. The van der Waals surface area contributed by atoms with Crippen molar-refractivity contribution in [1.29, 1.82) is 0 Å². The van der Waals surface area contributed by atoms with E-state index < -0.39 is 5.41 Å². The lowest BCUT2D eigenvalue weighted by atomic mass is 9.55. The molecule has 0 amide bonds. The molecule has 0 saturated heterocycles. The monoisotopic (exact) mass is 693 g/mol. The van der Waals surface area contributed by atoms with Crippen molar-refractivity contribution in [3.63, 3.8) is 0 Å². The molecular weight excluding hydrogens is 659 g/mol. The van der Waals surface area contributed by atoms with E-state index in [1.54, 1.807) is 0 Å². The van der Waals surface area contributed by atoms with Crippen molar-refractivity contribution in [2.75, 3.05) is 0 Å². The second-order valence-electron chi connectivity index (χ2n) is 15.1. The summed E-state index contributed by atoms with van der Waals surface area (Å²) in [6, 6.07) is 65.1. The van der Waals surface area contributed by atoms with Gasteiger partial charge in [0.2, 0.25) is 0 Å². The van der Waals surface area contributed by atoms with Gasteiger partial charge in [0.1, 0.15) is 0 Å². The van der Waals surface area contributed by atoms with Crippen LogP contribution in [0.2, 0.25) is 0 Å². The molecule has 0 saturated carbocycles. The van der Waals surface area contributed by atoms with Gasteiger partial charge in [-0.2, -0.15) is 0 Å². The van der Waals surface area contributed by atoms with Gasteiger partial charge in [-0.15, -0.1) is 11.3 Å². The van der Waals surface area contributed by atoms with E-state index >= 15 is 0 Å². The molecule has 7 aromatic carbocycles. The molecule has 0 N–H and O–H groups in total. The first kappa shape index (κ1) is 30.5. The van der Waals surface area contributed by atoms with E-state index in [0.29, 0.717) is 0 Å². The minimum atomic E-state index is -0.412. The Balaban J connectivity index is 1.18. The molecule has 2 aliphatic rings. The topological polar surface area (TPSA) is 12.9 Å². The summed E-state index contributed by atoms with van der Waals surface area (Å²) in [7, 11) is 0. The molecule has 1 nitrogen and oxygen atoms in total. The molecule has 2 heterocycles. The zero-order valence-electron chi connectivity index (χ0n) is 29.6. The van der Waals surface area contributed by atoms with Crippen molar-refractivity contribution >= 4 is 31.5 Å². The quantitative estimate of drug-likeness (QED) is 0.179. The summed E-state index contributed by atoms with van der Waals surface area (Å²) < 4.78 is 2.62. The summed E-state index contributed by atoms with van der Waals surface area (Å²) in [6.07, 6.45) is 0. The van der Waals surface area contributed by atoms with E-state index in [1.165, 1.54) is 75.8 Å². The van der Waals surface area contributed by atoms with Crippen LogP contribution < -0.4 is 0 Å². The molecule has 53 heavy (non-hydrogen) atoms. The molecule has 0 fully saturated rings. The average molecular weight is 694 g/mol. The summed E-state index contributed by atoms with van der Waals surface area (Å²) in [4.78, 5) is 5.30. The molecule has 2 heteroatoms. The Hall–Kier alpha value is -6.09. The van der Waals surface area contributed by atoms with E-state index in [4.69, 9.17) is 4.98 Å². The van der Waals surface area contributed by atoms with Gasteiger partial charge in [-0.1, -0.05) is 153 Å². The van der Waals surface area contributed by atoms with Crippen LogP contribution in [0.4, 0.5) is 0 Å². The number of pyridine rings is 1. The molecule has 250 valence electrons. The number of nitrogens with zero attached hydrogens (tertiary/aromatic N) is 1. The van der Waals surface area contributed by atoms with Crippen molar-refractivity contribution in [3.8, 4) is 44.8 Å². The fraction of sp³-hybridized carbons (Fsp3) is 0.0784. The van der Waals surface area contributed by atoms with Gasteiger partial charge in [-0.3, -0.25) is 0 Å². The van der Waals surface area contributed by atoms with Crippen LogP contribution >= 0.6 is 11.3 Å². The second kappa shape index (κ2) is 11.2. The minimum absolute atomic E-state index is 0.172. The molecule has 9 aromatic rings. The van der Waals surface area contributed by atoms with E-state index in [9.17, 15) is 0 Å². The molecule has 0 unspecified atom stereocenters. The predicted octanol–water partition coefficient (Wildman–Crippen LogP) is 13.5. The SMILES string of the molecule is CC1(C)c2ccccc2C2(c3ccccc3-c3ccccc32)c2cc3c(cc21)sc1ccc(-c2cc(-c4ccccc4)cc(-c4ccccc4)n2)cc13. The lowest BCUT2D eigenvalue weighted by molar-refractivity contribution is 0.564. The Morgan fingerprint density at radius 3 is 1.60 bits per heavy atom. The van der Waals surface area contributed by atoms with Crippen LogP contribution in [0.3, 0.4) is 0 Å². The van der Waals surface area contributed by atoms with Crippen molar-refractivity contribution < 1.29 is 0 Å². The molecule has 2 aliphatic carbocycles. The Morgan fingerprint density at radius 2 is 0.925 bits per heavy atom. The minimum Gasteiger partial charge on any atom is -0.248 e. The first-order valence-corrected chi connectivity index (χ1v) is 19.3. The molecule has 0 radical (unpaired) electrons. The summed E-state index contributed by atoms with van der Waals surface area (Å²) in [5.41, 5.74) is 17.0. The highest BCUT2D eigenvalue weighted by molar-refractivity contribution is 7.25. The third-order valence-electron chi connectivity index (χ3n) is 11.9. The lowest BCUT2D eigenvalue weighted by Crippen LogP contribution is -2.40. The van der Waals surface area contributed by atoms with Crippen LogP contribution in [-0.2, 0) is 10.8 Å². The molecular formula is C51H35NS. The first-order valence-electron chi connectivity index (χ1n) is 18.5. The number of hydrogen-bond donors (Lipinski definition) is 0. The van der Waals surface area contributed by atoms with Gasteiger partial charge in [0.15, 0.2) is 0 Å². The molecule has 11 rings (SSSR count). The Kier molecular flexibility index (Phi) is 6.45. The van der Waals surface area contributed by atoms with Crippen molar-refractivity contribution in [3.05, 3.63) is 209 Å². The van der Waals surface area contributed by atoms with Gasteiger partial charge in [-0.25, -0.2) is 4.98 Å². The Labute approximate surface area is 313 Å². The van der Waals surface area contributed by atoms with E-state index in [-0.39, 0.29) is 5.41 Å². The van der Waals surface area contributed by atoms with Crippen LogP contribution in [0.15, 0.2) is 176 Å². The highest BCUT2D eigenvalue weighted by Crippen LogP contribution is 2.62. The number of fused-ring (bicyclic) bond motifs is 12. The fourth-order valence-corrected chi connectivity index (χ4v) is 10.6. The maximum Gasteiger partial charge on any atom is 0.0719 e. The number of hydrogen-bond acceptors (Lipinski definition) is 2. The van der Waals surface area contributed by atoms with Crippen LogP contribution in [0, 0.1) is 0 Å². The van der Waals surface area contributed by atoms with Crippen LogP contribution in [-0.4, -0.2) is 4.98 Å². The van der Waals surface area contributed by atoms with E-state index in [2.05, 4.69) is 190 Å². The standard InChI is InChI=1S/C51H35NS/c1-50(2)42-23-13-14-24-43(42)51(40-21-11-9-19-36(40)37-20-10-12-22-41(37)51)45-30-39-38-27-34(25-26-48(38)53-49(39)31-44(45)50)47-29-35(32-15-5-3-6-16-32)28-46(52-47)33-17-7-4-8-18-33/h3-31H,1-2H3. The van der Waals surface area contributed by atoms with Crippen LogP contribution in [0.25, 0.3) is 64.9 Å². The van der Waals surface area contributed by atoms with Gasteiger partial charge >= 0.3 is 0 Å². The Morgan fingerprint density at radius 1 is 0.377 bits per heavy atom. The normalized spacial score (nSPS) is 14.5. The maximum atomic E-state index is 5.30. The summed E-state index contributed by atoms with van der Waals surface area (Å²) in [6.45, 7) is 4.83. The highest BCUT2D eigenvalue weighted by atomic mass is 32.1. The summed E-state index contributed by atoms with van der Waals surface area (Å²) in [5.74, 6) is 0. The summed E-state index contributed by atoms with van der Waals surface area (Å²) in [5, 5.41) is 2.59. The highest BCUT2D eigenvalue weighted by Gasteiger charge is 2.53. The van der Waals surface area contributed by atoms with Crippen molar-refractivity contribution in [2.24, 2.45) is 0 Å². The predicted molar refractivity (Wildman–Crippen MR) is 223 cm³/mol. The van der Waals surface area contributed by atoms with Crippen molar-refractivity contribution in [2.45, 2.75) is 24.7 Å². The fourth-order valence-electron chi connectivity index (χ4n) is 9.50. The van der Waals surface area contributed by atoms with Gasteiger partial charge in [0, 0.05) is 36.7 Å². The zero-order valence-corrected chi connectivity index (χ0v) is 30.4. The third-order valence-corrected chi connectivity index (χ3v) is 13.1. The number of rotatable bonds is 3. The molecule has 2 aromatic heterocycles. The zero-order chi connectivity index (χ0) is 35.3. The lowest BCUT2D eigenvalue weighted by Gasteiger charge is -2.46. The second-order valence-corrected chi connectivity index (χ2v) is 16.2. The Bertz CT molecular complexity index is 2810. The van der Waals surface area contributed by atoms with Gasteiger partial charge in [-0.05, 0) is 92.0 Å². The molecule has 0 aliphatic heterocycles. The smallest absolute Gasteiger partial charge is 0.0719 e. The molecule has 1 spiro atoms. The summed E-state index contributed by atoms with van der Waals surface area (Å²) >= 11 is 1.90. The number of aromatic nitrogens is 1. The first-order chi connectivity index (χ1) is 26.0. The van der Waals surface area contributed by atoms with Gasteiger partial charge in [0.05, 0.1) is 16.8 Å². The van der Waals surface area contributed by atoms with E-state index in [0.717, 1.165) is 22.5 Å². The molecule has 0 atom stereocenters. The average Bonchev–Trinajstić information content (AvgIpc) is 3.73. The van der Waals surface area contributed by atoms with Gasteiger partial charge in [0.25, 0.3) is 0 Å². The number of benzene rings is 7.